The van der Waals surface area contributed by atoms with Gasteiger partial charge in [0.2, 0.25) is 5.91 Å². The molecule has 7 nitrogen and oxygen atoms in total. The number of nitriles is 1. The molecule has 0 radical (unpaired) electrons. The van der Waals surface area contributed by atoms with E-state index in [2.05, 4.69) is 33.3 Å². The van der Waals surface area contributed by atoms with Crippen LogP contribution in [0.2, 0.25) is 0 Å². The van der Waals surface area contributed by atoms with Crippen molar-refractivity contribution in [3.8, 4) is 6.07 Å². The Morgan fingerprint density at radius 2 is 1.58 bits per heavy atom. The van der Waals surface area contributed by atoms with Crippen molar-refractivity contribution in [3.05, 3.63) is 53.6 Å². The molecule has 2 heterocycles. The molecule has 0 aromatic heterocycles. The highest BCUT2D eigenvalue weighted by molar-refractivity contribution is 5.95. The first-order chi connectivity index (χ1) is 15.2. The lowest BCUT2D eigenvalue weighted by atomic mass is 10.1. The molecule has 0 atom stereocenters. The highest BCUT2D eigenvalue weighted by Gasteiger charge is 2.19. The van der Waals surface area contributed by atoms with Gasteiger partial charge in [0.25, 0.3) is 0 Å². The van der Waals surface area contributed by atoms with Crippen LogP contribution in [-0.2, 0) is 20.7 Å². The fraction of sp³-hybridized carbons (Fsp3) is 0.417. The monoisotopic (exact) mass is 420 g/mol. The maximum absolute atomic E-state index is 12.7. The Labute approximate surface area is 183 Å². The van der Waals surface area contributed by atoms with Gasteiger partial charge in [-0.15, -0.1) is 0 Å². The van der Waals surface area contributed by atoms with Crippen molar-refractivity contribution in [1.29, 1.82) is 5.26 Å². The topological polar surface area (TPSA) is 77.8 Å². The Bertz CT molecular complexity index is 927. The minimum Gasteiger partial charge on any atom is -0.378 e. The minimum atomic E-state index is -0.0157. The molecule has 2 saturated heterocycles. The lowest BCUT2D eigenvalue weighted by Crippen LogP contribution is -2.38. The summed E-state index contributed by atoms with van der Waals surface area (Å²) in [6.07, 6.45) is 1.02. The smallest absolute Gasteiger partial charge is 0.224 e. The van der Waals surface area contributed by atoms with Crippen molar-refractivity contribution in [2.45, 2.75) is 12.8 Å². The van der Waals surface area contributed by atoms with Crippen molar-refractivity contribution in [2.24, 2.45) is 0 Å². The van der Waals surface area contributed by atoms with Gasteiger partial charge in [0, 0.05) is 38.3 Å². The predicted octanol–water partition coefficient (Wildman–Crippen LogP) is 2.80. The molecule has 4 rings (SSSR count). The van der Waals surface area contributed by atoms with Crippen LogP contribution >= 0.6 is 0 Å². The molecule has 2 aliphatic rings. The Kier molecular flexibility index (Phi) is 7.03. The summed E-state index contributed by atoms with van der Waals surface area (Å²) in [6.45, 7) is 6.21. The van der Waals surface area contributed by atoms with E-state index >= 15 is 0 Å². The molecular formula is C24H28N4O3. The van der Waals surface area contributed by atoms with Crippen LogP contribution in [0, 0.1) is 11.3 Å². The second-order valence-electron chi connectivity index (χ2n) is 7.76. The number of morpholine rings is 2. The van der Waals surface area contributed by atoms with E-state index in [1.54, 1.807) is 12.1 Å². The van der Waals surface area contributed by atoms with Gasteiger partial charge in [-0.05, 0) is 42.3 Å². The van der Waals surface area contributed by atoms with Crippen molar-refractivity contribution in [2.75, 3.05) is 67.7 Å². The van der Waals surface area contributed by atoms with Gasteiger partial charge >= 0.3 is 0 Å². The van der Waals surface area contributed by atoms with Crippen LogP contribution in [0.25, 0.3) is 0 Å². The SMILES string of the molecule is N#Cc1ccc(CCC(=O)Nc2ccc(N3CCOCC3)cc2N2CCOCC2)cc1. The van der Waals surface area contributed by atoms with Crippen LogP contribution in [-0.4, -0.2) is 58.5 Å². The quantitative estimate of drug-likeness (QED) is 0.774. The summed E-state index contributed by atoms with van der Waals surface area (Å²) < 4.78 is 11.0. The zero-order valence-electron chi connectivity index (χ0n) is 17.7. The van der Waals surface area contributed by atoms with E-state index in [9.17, 15) is 4.79 Å². The van der Waals surface area contributed by atoms with Gasteiger partial charge in [0.1, 0.15) is 0 Å². The van der Waals surface area contributed by atoms with Gasteiger partial charge in [0.15, 0.2) is 0 Å². The molecular weight excluding hydrogens is 392 g/mol. The Balaban J connectivity index is 1.46. The van der Waals surface area contributed by atoms with E-state index < -0.39 is 0 Å². The molecule has 1 amide bonds. The van der Waals surface area contributed by atoms with Gasteiger partial charge in [-0.25, -0.2) is 0 Å². The highest BCUT2D eigenvalue weighted by Crippen LogP contribution is 2.32. The standard InChI is InChI=1S/C24H28N4O3/c25-18-20-3-1-19(2-4-20)5-8-24(29)26-22-7-6-21(27-9-13-30-14-10-27)17-23(22)28-11-15-31-16-12-28/h1-4,6-7,17H,5,8-16H2,(H,26,29). The molecule has 31 heavy (non-hydrogen) atoms. The summed E-state index contributed by atoms with van der Waals surface area (Å²) in [5.41, 5.74) is 4.71. The summed E-state index contributed by atoms with van der Waals surface area (Å²) in [5, 5.41) is 12.0. The summed E-state index contributed by atoms with van der Waals surface area (Å²) in [6, 6.07) is 15.8. The fourth-order valence-corrected chi connectivity index (χ4v) is 3.93. The molecule has 2 aliphatic heterocycles. The number of aryl methyl sites for hydroxylation is 1. The van der Waals surface area contributed by atoms with Crippen molar-refractivity contribution in [1.82, 2.24) is 0 Å². The third-order valence-electron chi connectivity index (χ3n) is 5.71. The number of carbonyl (C=O) groups is 1. The maximum atomic E-state index is 12.7. The van der Waals surface area contributed by atoms with Crippen LogP contribution in [0.15, 0.2) is 42.5 Å². The highest BCUT2D eigenvalue weighted by atomic mass is 16.5. The first-order valence-corrected chi connectivity index (χ1v) is 10.8. The average Bonchev–Trinajstić information content (AvgIpc) is 2.84. The molecule has 162 valence electrons. The zero-order valence-corrected chi connectivity index (χ0v) is 17.7. The summed E-state index contributed by atoms with van der Waals surface area (Å²) in [7, 11) is 0. The second-order valence-corrected chi connectivity index (χ2v) is 7.76. The molecule has 2 aromatic carbocycles. The van der Waals surface area contributed by atoms with E-state index in [0.717, 1.165) is 62.0 Å². The number of carbonyl (C=O) groups excluding carboxylic acids is 1. The normalized spacial score (nSPS) is 16.6. The molecule has 0 spiro atoms. The second kappa shape index (κ2) is 10.3. The van der Waals surface area contributed by atoms with E-state index in [-0.39, 0.29) is 5.91 Å². The third-order valence-corrected chi connectivity index (χ3v) is 5.71. The van der Waals surface area contributed by atoms with Gasteiger partial charge in [-0.1, -0.05) is 12.1 Å². The number of nitrogens with zero attached hydrogens (tertiary/aromatic N) is 3. The number of benzene rings is 2. The number of hydrogen-bond acceptors (Lipinski definition) is 6. The lowest BCUT2D eigenvalue weighted by Gasteiger charge is -2.33. The minimum absolute atomic E-state index is 0.0157. The van der Waals surface area contributed by atoms with E-state index in [1.807, 2.05) is 18.2 Å². The Morgan fingerprint density at radius 3 is 2.23 bits per heavy atom. The van der Waals surface area contributed by atoms with Crippen LogP contribution in [0.4, 0.5) is 17.1 Å². The van der Waals surface area contributed by atoms with Gasteiger partial charge in [0.05, 0.1) is 49.4 Å². The number of ether oxygens (including phenoxy) is 2. The molecule has 0 saturated carbocycles. The number of rotatable bonds is 6. The summed E-state index contributed by atoms with van der Waals surface area (Å²) in [4.78, 5) is 17.3. The number of hydrogen-bond donors (Lipinski definition) is 1. The first-order valence-electron chi connectivity index (χ1n) is 10.8. The number of anilines is 3. The number of amides is 1. The molecule has 7 heteroatoms. The molecule has 2 fully saturated rings. The lowest BCUT2D eigenvalue weighted by molar-refractivity contribution is -0.116. The van der Waals surface area contributed by atoms with Crippen molar-refractivity contribution < 1.29 is 14.3 Å². The largest absolute Gasteiger partial charge is 0.378 e. The average molecular weight is 421 g/mol. The van der Waals surface area contributed by atoms with Crippen LogP contribution in [0.5, 0.6) is 0 Å². The first kappa shape index (κ1) is 21.2. The predicted molar refractivity (Wildman–Crippen MR) is 121 cm³/mol. The van der Waals surface area contributed by atoms with E-state index in [4.69, 9.17) is 14.7 Å². The summed E-state index contributed by atoms with van der Waals surface area (Å²) in [5.74, 6) is -0.0157. The van der Waals surface area contributed by atoms with Gasteiger partial charge in [-0.2, -0.15) is 5.26 Å². The number of nitrogens with one attached hydrogen (secondary N) is 1. The zero-order chi connectivity index (χ0) is 21.5. The Hall–Kier alpha value is -3.08. The molecule has 1 N–H and O–H groups in total. The van der Waals surface area contributed by atoms with E-state index in [1.165, 1.54) is 0 Å². The van der Waals surface area contributed by atoms with E-state index in [0.29, 0.717) is 31.6 Å². The third kappa shape index (κ3) is 5.54. The van der Waals surface area contributed by atoms with Crippen LogP contribution < -0.4 is 15.1 Å². The van der Waals surface area contributed by atoms with Gasteiger partial charge in [-0.3, -0.25) is 4.79 Å². The molecule has 0 unspecified atom stereocenters. The van der Waals surface area contributed by atoms with Crippen molar-refractivity contribution in [3.63, 3.8) is 0 Å². The Morgan fingerprint density at radius 1 is 0.935 bits per heavy atom. The van der Waals surface area contributed by atoms with Crippen LogP contribution in [0.1, 0.15) is 17.5 Å². The summed E-state index contributed by atoms with van der Waals surface area (Å²) >= 11 is 0. The molecule has 0 aliphatic carbocycles. The maximum Gasteiger partial charge on any atom is 0.224 e. The molecule has 0 bridgehead atoms. The fourth-order valence-electron chi connectivity index (χ4n) is 3.93. The van der Waals surface area contributed by atoms with Gasteiger partial charge < -0.3 is 24.6 Å². The van der Waals surface area contributed by atoms with Crippen LogP contribution in [0.3, 0.4) is 0 Å². The van der Waals surface area contributed by atoms with Crippen molar-refractivity contribution >= 4 is 23.0 Å². The molecule has 2 aromatic rings.